The molecule has 0 amide bonds. The standard InChI is InChI=1S/C20H19FN2O4S3/c1-14-12-17(7-8-18(14)21)29(24,25)22-16-6-9-19-15(13-16)4-2-10-23(19)30(26,27)20-5-3-11-28-20/h3,5-9,11-13,22H,2,4,10H2,1H3. The number of nitrogens with zero attached hydrogens (tertiary/aromatic N) is 1. The molecule has 1 aliphatic heterocycles. The van der Waals surface area contributed by atoms with Crippen molar-refractivity contribution in [2.45, 2.75) is 28.9 Å². The molecule has 0 saturated carbocycles. The van der Waals surface area contributed by atoms with E-state index in [0.29, 0.717) is 30.8 Å². The van der Waals surface area contributed by atoms with Gasteiger partial charge in [0.05, 0.1) is 10.6 Å². The van der Waals surface area contributed by atoms with Crippen LogP contribution in [0.3, 0.4) is 0 Å². The predicted octanol–water partition coefficient (Wildman–Crippen LogP) is 4.14. The summed E-state index contributed by atoms with van der Waals surface area (Å²) in [4.78, 5) is -0.0407. The SMILES string of the molecule is Cc1cc(S(=O)(=O)Nc2ccc3c(c2)CCCN3S(=O)(=O)c2cccs2)ccc1F. The highest BCUT2D eigenvalue weighted by Crippen LogP contribution is 2.35. The summed E-state index contributed by atoms with van der Waals surface area (Å²) >= 11 is 1.16. The minimum Gasteiger partial charge on any atom is -0.280 e. The van der Waals surface area contributed by atoms with E-state index in [9.17, 15) is 21.2 Å². The molecule has 0 spiro atoms. The molecule has 0 fully saturated rings. The molecule has 158 valence electrons. The van der Waals surface area contributed by atoms with Crippen LogP contribution in [0.4, 0.5) is 15.8 Å². The van der Waals surface area contributed by atoms with Gasteiger partial charge < -0.3 is 0 Å². The number of rotatable bonds is 5. The van der Waals surface area contributed by atoms with Crippen molar-refractivity contribution in [1.82, 2.24) is 0 Å². The van der Waals surface area contributed by atoms with Gasteiger partial charge in [0, 0.05) is 12.2 Å². The summed E-state index contributed by atoms with van der Waals surface area (Å²) in [5.41, 5.74) is 1.86. The Morgan fingerprint density at radius 1 is 1.07 bits per heavy atom. The lowest BCUT2D eigenvalue weighted by molar-refractivity contribution is 0.588. The summed E-state index contributed by atoms with van der Waals surface area (Å²) in [5, 5.41) is 1.72. The third-order valence-electron chi connectivity index (χ3n) is 4.89. The Kier molecular flexibility index (Phi) is 5.33. The number of fused-ring (bicyclic) bond motifs is 1. The average Bonchev–Trinajstić information content (AvgIpc) is 3.25. The molecule has 2 aromatic carbocycles. The first-order chi connectivity index (χ1) is 14.2. The quantitative estimate of drug-likeness (QED) is 0.613. The highest BCUT2D eigenvalue weighted by atomic mass is 32.2. The highest BCUT2D eigenvalue weighted by Gasteiger charge is 2.30. The zero-order valence-electron chi connectivity index (χ0n) is 16.0. The molecule has 3 aromatic rings. The van der Waals surface area contributed by atoms with Crippen LogP contribution in [-0.2, 0) is 26.5 Å². The normalized spacial score (nSPS) is 14.4. The van der Waals surface area contributed by atoms with Crippen LogP contribution in [0, 0.1) is 12.7 Å². The molecule has 1 aliphatic rings. The zero-order chi connectivity index (χ0) is 21.5. The van der Waals surface area contributed by atoms with Gasteiger partial charge in [0.2, 0.25) is 0 Å². The summed E-state index contributed by atoms with van der Waals surface area (Å²) < 4.78 is 68.9. The fraction of sp³-hybridized carbons (Fsp3) is 0.200. The van der Waals surface area contributed by atoms with E-state index in [2.05, 4.69) is 4.72 Å². The van der Waals surface area contributed by atoms with Crippen LogP contribution in [0.1, 0.15) is 17.5 Å². The van der Waals surface area contributed by atoms with Gasteiger partial charge in [-0.2, -0.15) is 0 Å². The van der Waals surface area contributed by atoms with Crippen LogP contribution in [-0.4, -0.2) is 23.4 Å². The maximum Gasteiger partial charge on any atom is 0.273 e. The Morgan fingerprint density at radius 2 is 1.87 bits per heavy atom. The number of benzene rings is 2. The van der Waals surface area contributed by atoms with E-state index < -0.39 is 25.9 Å². The number of aryl methyl sites for hydroxylation is 2. The van der Waals surface area contributed by atoms with Gasteiger partial charge in [-0.1, -0.05) is 6.07 Å². The second-order valence-electron chi connectivity index (χ2n) is 6.97. The molecular weight excluding hydrogens is 447 g/mol. The van der Waals surface area contributed by atoms with Crippen LogP contribution < -0.4 is 9.03 Å². The molecule has 6 nitrogen and oxygen atoms in total. The van der Waals surface area contributed by atoms with E-state index in [1.165, 1.54) is 29.4 Å². The number of sulfonamides is 2. The van der Waals surface area contributed by atoms with Gasteiger partial charge in [-0.15, -0.1) is 11.3 Å². The minimum absolute atomic E-state index is 0.0407. The molecule has 0 unspecified atom stereocenters. The van der Waals surface area contributed by atoms with Crippen molar-refractivity contribution in [3.8, 4) is 0 Å². The number of halogens is 1. The van der Waals surface area contributed by atoms with Crippen LogP contribution in [0.25, 0.3) is 0 Å². The van der Waals surface area contributed by atoms with Gasteiger partial charge in [0.15, 0.2) is 0 Å². The topological polar surface area (TPSA) is 83.6 Å². The summed E-state index contributed by atoms with van der Waals surface area (Å²) in [6, 6.07) is 11.7. The molecule has 4 rings (SSSR count). The van der Waals surface area contributed by atoms with Gasteiger partial charge in [0.1, 0.15) is 10.0 Å². The smallest absolute Gasteiger partial charge is 0.273 e. The lowest BCUT2D eigenvalue weighted by atomic mass is 10.0. The van der Waals surface area contributed by atoms with Gasteiger partial charge >= 0.3 is 0 Å². The average molecular weight is 467 g/mol. The summed E-state index contributed by atoms with van der Waals surface area (Å²) in [7, 11) is -7.56. The first-order valence-corrected chi connectivity index (χ1v) is 13.0. The molecule has 30 heavy (non-hydrogen) atoms. The van der Waals surface area contributed by atoms with E-state index in [1.807, 2.05) is 0 Å². The molecule has 0 saturated heterocycles. The first kappa shape index (κ1) is 20.8. The maximum absolute atomic E-state index is 13.5. The minimum atomic E-state index is -3.90. The maximum atomic E-state index is 13.5. The van der Waals surface area contributed by atoms with Gasteiger partial charge in [-0.25, -0.2) is 21.2 Å². The van der Waals surface area contributed by atoms with Crippen molar-refractivity contribution >= 4 is 42.8 Å². The molecule has 0 bridgehead atoms. The van der Waals surface area contributed by atoms with Gasteiger partial charge in [0.25, 0.3) is 20.0 Å². The molecule has 0 atom stereocenters. The van der Waals surface area contributed by atoms with Crippen molar-refractivity contribution < 1.29 is 21.2 Å². The van der Waals surface area contributed by atoms with Crippen LogP contribution >= 0.6 is 11.3 Å². The lowest BCUT2D eigenvalue weighted by Gasteiger charge is -2.30. The Labute approximate surface area is 179 Å². The van der Waals surface area contributed by atoms with Crippen molar-refractivity contribution in [2.24, 2.45) is 0 Å². The zero-order valence-corrected chi connectivity index (χ0v) is 18.4. The van der Waals surface area contributed by atoms with E-state index in [1.54, 1.807) is 29.6 Å². The van der Waals surface area contributed by atoms with E-state index in [-0.39, 0.29) is 14.7 Å². The summed E-state index contributed by atoms with van der Waals surface area (Å²) in [6.45, 7) is 1.86. The number of hydrogen-bond donors (Lipinski definition) is 1. The van der Waals surface area contributed by atoms with Gasteiger partial charge in [-0.05, 0) is 78.7 Å². The largest absolute Gasteiger partial charge is 0.280 e. The van der Waals surface area contributed by atoms with Crippen LogP contribution in [0.2, 0.25) is 0 Å². The van der Waals surface area contributed by atoms with Crippen molar-refractivity contribution in [3.05, 3.63) is 70.9 Å². The molecule has 0 radical (unpaired) electrons. The number of thiophene rings is 1. The van der Waals surface area contributed by atoms with E-state index in [0.717, 1.165) is 23.0 Å². The molecular formula is C20H19FN2O4S3. The molecule has 0 aliphatic carbocycles. The van der Waals surface area contributed by atoms with E-state index in [4.69, 9.17) is 0 Å². The molecule has 2 heterocycles. The summed E-state index contributed by atoms with van der Waals surface area (Å²) in [5.74, 6) is -0.477. The Hall–Kier alpha value is -2.43. The molecule has 1 N–H and O–H groups in total. The van der Waals surface area contributed by atoms with E-state index >= 15 is 0 Å². The van der Waals surface area contributed by atoms with Crippen molar-refractivity contribution in [3.63, 3.8) is 0 Å². The molecule has 10 heteroatoms. The van der Waals surface area contributed by atoms with Crippen LogP contribution in [0.15, 0.2) is 63.0 Å². The second-order valence-corrected chi connectivity index (χ2v) is 11.7. The Balaban J connectivity index is 1.65. The Bertz CT molecular complexity index is 1300. The van der Waals surface area contributed by atoms with Crippen molar-refractivity contribution in [2.75, 3.05) is 15.6 Å². The third-order valence-corrected chi connectivity index (χ3v) is 9.45. The van der Waals surface area contributed by atoms with Gasteiger partial charge in [-0.3, -0.25) is 9.03 Å². The Morgan fingerprint density at radius 3 is 2.57 bits per heavy atom. The van der Waals surface area contributed by atoms with Crippen molar-refractivity contribution in [1.29, 1.82) is 0 Å². The monoisotopic (exact) mass is 466 g/mol. The highest BCUT2D eigenvalue weighted by molar-refractivity contribution is 7.94. The number of hydrogen-bond acceptors (Lipinski definition) is 5. The summed E-state index contributed by atoms with van der Waals surface area (Å²) in [6.07, 6.45) is 1.27. The fourth-order valence-electron chi connectivity index (χ4n) is 3.39. The fourth-order valence-corrected chi connectivity index (χ4v) is 7.17. The second kappa shape index (κ2) is 7.68. The van der Waals surface area contributed by atoms with Crippen LogP contribution in [0.5, 0.6) is 0 Å². The number of anilines is 2. The first-order valence-electron chi connectivity index (χ1n) is 9.17. The molecule has 1 aromatic heterocycles. The lowest BCUT2D eigenvalue weighted by Crippen LogP contribution is -2.35. The predicted molar refractivity (Wildman–Crippen MR) is 116 cm³/mol. The third kappa shape index (κ3) is 3.82. The number of nitrogens with one attached hydrogen (secondary N) is 1.